The van der Waals surface area contributed by atoms with Gasteiger partial charge in [0.2, 0.25) is 5.91 Å². The molecule has 1 saturated heterocycles. The van der Waals surface area contributed by atoms with Crippen LogP contribution in [-0.2, 0) is 4.79 Å². The smallest absolute Gasteiger partial charge is 0.234 e. The van der Waals surface area contributed by atoms with Crippen LogP contribution in [0.2, 0.25) is 0 Å². The Hall–Kier alpha value is -0.610. The molecule has 27 heavy (non-hydrogen) atoms. The summed E-state index contributed by atoms with van der Waals surface area (Å²) in [5.41, 5.74) is 0.338. The highest BCUT2D eigenvalue weighted by atomic mass is 16.2. The van der Waals surface area contributed by atoms with Gasteiger partial charge in [0.05, 0.1) is 6.54 Å². The highest BCUT2D eigenvalue weighted by Crippen LogP contribution is 2.40. The Morgan fingerprint density at radius 1 is 0.963 bits per heavy atom. The van der Waals surface area contributed by atoms with Gasteiger partial charge in [-0.1, -0.05) is 20.8 Å². The molecule has 2 aliphatic rings. The highest BCUT2D eigenvalue weighted by molar-refractivity contribution is 5.78. The van der Waals surface area contributed by atoms with Gasteiger partial charge in [0.25, 0.3) is 0 Å². The highest BCUT2D eigenvalue weighted by Gasteiger charge is 2.31. The fourth-order valence-corrected chi connectivity index (χ4v) is 4.95. The van der Waals surface area contributed by atoms with Gasteiger partial charge < -0.3 is 10.2 Å². The Balaban J connectivity index is 1.68. The number of hydrogen-bond donors (Lipinski definition) is 1. The summed E-state index contributed by atoms with van der Waals surface area (Å²) in [6.45, 7) is 17.2. The number of rotatable bonds is 5. The predicted molar refractivity (Wildman–Crippen MR) is 115 cm³/mol. The minimum absolute atomic E-state index is 0.137. The molecular formula is C23H45N3O. The molecule has 2 rings (SSSR count). The van der Waals surface area contributed by atoms with Crippen molar-refractivity contribution in [1.29, 1.82) is 0 Å². The van der Waals surface area contributed by atoms with Crippen molar-refractivity contribution >= 4 is 5.91 Å². The lowest BCUT2D eigenvalue weighted by Gasteiger charge is -2.41. The first-order chi connectivity index (χ1) is 12.4. The van der Waals surface area contributed by atoms with E-state index in [1.54, 1.807) is 0 Å². The van der Waals surface area contributed by atoms with E-state index in [0.717, 1.165) is 24.9 Å². The van der Waals surface area contributed by atoms with Crippen LogP contribution < -0.4 is 5.32 Å². The van der Waals surface area contributed by atoms with E-state index in [4.69, 9.17) is 0 Å². The third-order valence-corrected chi connectivity index (χ3v) is 6.68. The average molecular weight is 380 g/mol. The fourth-order valence-electron chi connectivity index (χ4n) is 4.95. The monoisotopic (exact) mass is 379 g/mol. The second-order valence-corrected chi connectivity index (χ2v) is 11.3. The molecule has 0 unspecified atom stereocenters. The summed E-state index contributed by atoms with van der Waals surface area (Å²) in [6, 6.07) is 0.687. The molecule has 1 aliphatic heterocycles. The predicted octanol–water partition coefficient (Wildman–Crippen LogP) is 4.15. The summed E-state index contributed by atoms with van der Waals surface area (Å²) < 4.78 is 0. The average Bonchev–Trinajstić information content (AvgIpc) is 2.53. The van der Waals surface area contributed by atoms with Gasteiger partial charge in [-0.25, -0.2) is 0 Å². The van der Waals surface area contributed by atoms with E-state index >= 15 is 0 Å². The summed E-state index contributed by atoms with van der Waals surface area (Å²) in [7, 11) is 2.32. The van der Waals surface area contributed by atoms with Crippen molar-refractivity contribution in [3.05, 3.63) is 0 Å². The van der Waals surface area contributed by atoms with Crippen LogP contribution >= 0.6 is 0 Å². The van der Waals surface area contributed by atoms with Gasteiger partial charge in [0.15, 0.2) is 0 Å². The maximum atomic E-state index is 12.1. The largest absolute Gasteiger partial charge is 0.350 e. The molecule has 0 aromatic rings. The zero-order valence-corrected chi connectivity index (χ0v) is 19.1. The van der Waals surface area contributed by atoms with Gasteiger partial charge in [-0.05, 0) is 83.6 Å². The first kappa shape index (κ1) is 22.7. The lowest BCUT2D eigenvalue weighted by Crippen LogP contribution is -2.50. The SMILES string of the molecule is CN(CC1CCC(C(C)(C)C)CC1)C1CCN(CC(=O)NC(C)(C)C)CC1. The summed E-state index contributed by atoms with van der Waals surface area (Å²) in [5, 5.41) is 3.08. The van der Waals surface area contributed by atoms with Crippen molar-refractivity contribution in [2.75, 3.05) is 33.2 Å². The molecule has 0 spiro atoms. The summed E-state index contributed by atoms with van der Waals surface area (Å²) in [6.07, 6.45) is 8.00. The first-order valence-corrected chi connectivity index (χ1v) is 11.2. The van der Waals surface area contributed by atoms with Gasteiger partial charge in [-0.2, -0.15) is 0 Å². The van der Waals surface area contributed by atoms with Crippen molar-refractivity contribution in [2.45, 2.75) is 91.6 Å². The van der Waals surface area contributed by atoms with E-state index < -0.39 is 0 Å². The van der Waals surface area contributed by atoms with Crippen LogP contribution in [0.15, 0.2) is 0 Å². The molecule has 1 saturated carbocycles. The van der Waals surface area contributed by atoms with Crippen molar-refractivity contribution in [3.8, 4) is 0 Å². The molecule has 158 valence electrons. The maximum Gasteiger partial charge on any atom is 0.234 e. The Bertz CT molecular complexity index is 461. The van der Waals surface area contributed by atoms with Gasteiger partial charge in [0.1, 0.15) is 0 Å². The first-order valence-electron chi connectivity index (χ1n) is 11.2. The Morgan fingerprint density at radius 3 is 2.00 bits per heavy atom. The molecule has 0 atom stereocenters. The van der Waals surface area contributed by atoms with Crippen LogP contribution in [0.1, 0.15) is 80.1 Å². The minimum Gasteiger partial charge on any atom is -0.350 e. The van der Waals surface area contributed by atoms with Crippen LogP contribution in [0.3, 0.4) is 0 Å². The number of carbonyl (C=O) groups excluding carboxylic acids is 1. The quantitative estimate of drug-likeness (QED) is 0.779. The second kappa shape index (κ2) is 9.26. The zero-order chi connectivity index (χ0) is 20.2. The van der Waals surface area contributed by atoms with Gasteiger partial charge in [-0.3, -0.25) is 9.69 Å². The number of nitrogens with one attached hydrogen (secondary N) is 1. The van der Waals surface area contributed by atoms with Crippen LogP contribution in [0.5, 0.6) is 0 Å². The van der Waals surface area contributed by atoms with E-state index in [1.807, 2.05) is 20.8 Å². The molecule has 1 aliphatic carbocycles. The number of carbonyl (C=O) groups is 1. The molecule has 1 N–H and O–H groups in total. The molecule has 2 fully saturated rings. The number of nitrogens with zero attached hydrogens (tertiary/aromatic N) is 2. The molecule has 4 heteroatoms. The Morgan fingerprint density at radius 2 is 1.52 bits per heavy atom. The zero-order valence-electron chi connectivity index (χ0n) is 19.1. The Kier molecular flexibility index (Phi) is 7.78. The summed E-state index contributed by atoms with van der Waals surface area (Å²) in [4.78, 5) is 17.1. The van der Waals surface area contributed by atoms with E-state index in [2.05, 4.69) is 42.9 Å². The van der Waals surface area contributed by atoms with Crippen molar-refractivity contribution in [3.63, 3.8) is 0 Å². The molecule has 0 aromatic heterocycles. The van der Waals surface area contributed by atoms with Crippen molar-refractivity contribution in [2.24, 2.45) is 17.3 Å². The molecule has 0 aromatic carbocycles. The lowest BCUT2D eigenvalue weighted by atomic mass is 9.70. The number of hydrogen-bond acceptors (Lipinski definition) is 3. The van der Waals surface area contributed by atoms with Crippen LogP contribution in [-0.4, -0.2) is 60.5 Å². The molecular weight excluding hydrogens is 334 g/mol. The van der Waals surface area contributed by atoms with Gasteiger partial charge >= 0.3 is 0 Å². The van der Waals surface area contributed by atoms with E-state index in [-0.39, 0.29) is 11.4 Å². The number of likely N-dealkylation sites (tertiary alicyclic amines) is 1. The topological polar surface area (TPSA) is 35.6 Å². The number of amides is 1. The van der Waals surface area contributed by atoms with Crippen molar-refractivity contribution < 1.29 is 4.79 Å². The van der Waals surface area contributed by atoms with Gasteiger partial charge in [-0.15, -0.1) is 0 Å². The Labute approximate surface area is 168 Å². The third kappa shape index (κ3) is 7.73. The summed E-state index contributed by atoms with van der Waals surface area (Å²) in [5.74, 6) is 1.94. The molecule has 1 heterocycles. The fraction of sp³-hybridized carbons (Fsp3) is 0.957. The van der Waals surface area contributed by atoms with Crippen LogP contribution in [0.25, 0.3) is 0 Å². The van der Waals surface area contributed by atoms with Gasteiger partial charge in [0, 0.05) is 31.2 Å². The summed E-state index contributed by atoms with van der Waals surface area (Å²) >= 11 is 0. The maximum absolute atomic E-state index is 12.1. The number of piperidine rings is 1. The van der Waals surface area contributed by atoms with E-state index in [1.165, 1.54) is 45.1 Å². The van der Waals surface area contributed by atoms with E-state index in [9.17, 15) is 4.79 Å². The lowest BCUT2D eigenvalue weighted by molar-refractivity contribution is -0.124. The van der Waals surface area contributed by atoms with E-state index in [0.29, 0.717) is 18.0 Å². The third-order valence-electron chi connectivity index (χ3n) is 6.68. The molecule has 1 amide bonds. The minimum atomic E-state index is -0.137. The molecule has 4 nitrogen and oxygen atoms in total. The van der Waals surface area contributed by atoms with Crippen molar-refractivity contribution in [1.82, 2.24) is 15.1 Å². The second-order valence-electron chi connectivity index (χ2n) is 11.3. The normalized spacial score (nSPS) is 26.4. The molecule has 0 bridgehead atoms. The van der Waals surface area contributed by atoms with Crippen LogP contribution in [0.4, 0.5) is 0 Å². The standard InChI is InChI=1S/C23H45N3O/c1-22(2,3)19-10-8-18(9-11-19)16-25(7)20-12-14-26(15-13-20)17-21(27)24-23(4,5)6/h18-20H,8-17H2,1-7H3,(H,24,27). The molecule has 0 radical (unpaired) electrons. The van der Waals surface area contributed by atoms with Crippen LogP contribution in [0, 0.1) is 17.3 Å².